The standard InChI is InChI=1S/C5H7ClN3O2PS/c6-4-1-3(2-13-4)5(10)9-12(7,8)11/h1-2H,(H5,7,8,9,10,11). The molecule has 1 heterocycles. The Bertz CT molecular complexity index is 374. The van der Waals surface area contributed by atoms with Crippen LogP contribution in [0.5, 0.6) is 0 Å². The maximum Gasteiger partial charge on any atom is 0.300 e. The molecule has 5 N–H and O–H groups in total. The summed E-state index contributed by atoms with van der Waals surface area (Å²) in [5, 5.41) is 3.49. The summed E-state index contributed by atoms with van der Waals surface area (Å²) < 4.78 is 11.3. The Morgan fingerprint density at radius 3 is 2.62 bits per heavy atom. The van der Waals surface area contributed by atoms with E-state index in [-0.39, 0.29) is 0 Å². The molecule has 0 aromatic carbocycles. The van der Waals surface area contributed by atoms with Gasteiger partial charge in [0.2, 0.25) is 0 Å². The first-order valence-corrected chi connectivity index (χ1v) is 6.22. The number of carbonyl (C=O) groups is 1. The summed E-state index contributed by atoms with van der Waals surface area (Å²) in [6, 6.07) is 1.44. The minimum Gasteiger partial charge on any atom is -0.279 e. The lowest BCUT2D eigenvalue weighted by atomic mass is 10.3. The number of nitrogens with one attached hydrogen (secondary N) is 1. The molecule has 8 heteroatoms. The van der Waals surface area contributed by atoms with Crippen LogP contribution in [0.1, 0.15) is 10.4 Å². The van der Waals surface area contributed by atoms with Crippen LogP contribution >= 0.6 is 30.5 Å². The fraction of sp³-hybridized carbons (Fsp3) is 0. The first-order chi connectivity index (χ1) is 5.88. The van der Waals surface area contributed by atoms with E-state index in [9.17, 15) is 9.36 Å². The fourth-order valence-corrected chi connectivity index (χ4v) is 1.96. The van der Waals surface area contributed by atoms with Gasteiger partial charge in [-0.25, -0.2) is 0 Å². The van der Waals surface area contributed by atoms with Gasteiger partial charge in [0.15, 0.2) is 0 Å². The molecule has 72 valence electrons. The van der Waals surface area contributed by atoms with Crippen LogP contribution < -0.4 is 16.1 Å². The zero-order valence-electron chi connectivity index (χ0n) is 6.36. The Morgan fingerprint density at radius 2 is 2.23 bits per heavy atom. The van der Waals surface area contributed by atoms with Crippen LogP contribution in [0.25, 0.3) is 0 Å². The average Bonchev–Trinajstić information content (AvgIpc) is 2.31. The molecule has 1 amide bonds. The molecule has 0 aliphatic heterocycles. The van der Waals surface area contributed by atoms with Gasteiger partial charge in [-0.1, -0.05) is 11.6 Å². The maximum absolute atomic E-state index is 11.2. The fourth-order valence-electron chi connectivity index (χ4n) is 0.652. The van der Waals surface area contributed by atoms with E-state index in [1.54, 1.807) is 0 Å². The highest BCUT2D eigenvalue weighted by Crippen LogP contribution is 2.23. The number of hydrogen-bond acceptors (Lipinski definition) is 3. The van der Waals surface area contributed by atoms with Gasteiger partial charge in [0, 0.05) is 5.38 Å². The zero-order valence-corrected chi connectivity index (χ0v) is 8.83. The second-order valence-electron chi connectivity index (χ2n) is 2.29. The first kappa shape index (κ1) is 10.7. The number of nitrogens with two attached hydrogens (primary N) is 2. The van der Waals surface area contributed by atoms with E-state index in [1.165, 1.54) is 22.8 Å². The Balaban J connectivity index is 2.75. The normalized spacial score (nSPS) is 11.3. The number of carbonyl (C=O) groups excluding carboxylic acids is 1. The van der Waals surface area contributed by atoms with E-state index < -0.39 is 13.5 Å². The Hall–Kier alpha value is -0.390. The molecular weight excluding hydrogens is 233 g/mol. The first-order valence-electron chi connectivity index (χ1n) is 3.12. The molecule has 0 bridgehead atoms. The van der Waals surface area contributed by atoms with Gasteiger partial charge in [-0.3, -0.25) is 25.5 Å². The van der Waals surface area contributed by atoms with Gasteiger partial charge in [-0.05, 0) is 6.07 Å². The van der Waals surface area contributed by atoms with Crippen LogP contribution in [0, 0.1) is 0 Å². The number of rotatable bonds is 2. The second-order valence-corrected chi connectivity index (χ2v) is 5.47. The lowest BCUT2D eigenvalue weighted by Crippen LogP contribution is -2.28. The van der Waals surface area contributed by atoms with Crippen molar-refractivity contribution in [1.29, 1.82) is 0 Å². The third kappa shape index (κ3) is 3.46. The molecule has 1 aromatic heterocycles. The summed E-state index contributed by atoms with van der Waals surface area (Å²) in [7, 11) is -3.52. The highest BCUT2D eigenvalue weighted by molar-refractivity contribution is 7.57. The minimum atomic E-state index is -3.52. The lowest BCUT2D eigenvalue weighted by Gasteiger charge is -2.06. The van der Waals surface area contributed by atoms with Crippen LogP contribution in [0.3, 0.4) is 0 Å². The number of halogens is 1. The molecule has 0 saturated heterocycles. The van der Waals surface area contributed by atoms with Gasteiger partial charge >= 0.3 is 7.59 Å². The third-order valence-corrected chi connectivity index (χ3v) is 2.75. The summed E-state index contributed by atoms with van der Waals surface area (Å²) in [6.45, 7) is 0. The lowest BCUT2D eigenvalue weighted by molar-refractivity contribution is 0.0981. The Morgan fingerprint density at radius 1 is 1.62 bits per heavy atom. The van der Waals surface area contributed by atoms with Gasteiger partial charge < -0.3 is 0 Å². The van der Waals surface area contributed by atoms with Gasteiger partial charge in [0.25, 0.3) is 5.91 Å². The minimum absolute atomic E-state index is 0.297. The molecular formula is C5H7ClN3O2PS. The Labute approximate surface area is 83.6 Å². The molecule has 0 radical (unpaired) electrons. The summed E-state index contributed by atoms with van der Waals surface area (Å²) in [6.07, 6.45) is 0. The van der Waals surface area contributed by atoms with E-state index in [0.717, 1.165) is 0 Å². The predicted octanol–water partition coefficient (Wildman–Crippen LogP) is 1.16. The van der Waals surface area contributed by atoms with Crippen molar-refractivity contribution in [1.82, 2.24) is 5.09 Å². The van der Waals surface area contributed by atoms with Gasteiger partial charge in [0.05, 0.1) is 9.90 Å². The van der Waals surface area contributed by atoms with Crippen LogP contribution in [0.15, 0.2) is 11.4 Å². The SMILES string of the molecule is NP(N)(=O)NC(=O)c1csc(Cl)c1. The van der Waals surface area contributed by atoms with Crippen LogP contribution in [-0.4, -0.2) is 5.91 Å². The van der Waals surface area contributed by atoms with Gasteiger partial charge in [-0.15, -0.1) is 11.3 Å². The molecule has 5 nitrogen and oxygen atoms in total. The van der Waals surface area contributed by atoms with E-state index in [2.05, 4.69) is 0 Å². The summed E-state index contributed by atoms with van der Waals surface area (Å²) in [5.41, 5.74) is 10.2. The van der Waals surface area contributed by atoms with Crippen molar-refractivity contribution >= 4 is 36.4 Å². The highest BCUT2D eigenvalue weighted by atomic mass is 35.5. The van der Waals surface area contributed by atoms with Crippen molar-refractivity contribution in [2.24, 2.45) is 11.0 Å². The largest absolute Gasteiger partial charge is 0.300 e. The van der Waals surface area contributed by atoms with Crippen molar-refractivity contribution < 1.29 is 9.36 Å². The molecule has 0 aliphatic rings. The third-order valence-electron chi connectivity index (χ3n) is 1.11. The smallest absolute Gasteiger partial charge is 0.279 e. The van der Waals surface area contributed by atoms with E-state index in [4.69, 9.17) is 22.6 Å². The number of hydrogen-bond donors (Lipinski definition) is 3. The van der Waals surface area contributed by atoms with Gasteiger partial charge in [0.1, 0.15) is 0 Å². The Kier molecular flexibility index (Phi) is 3.10. The molecule has 1 rings (SSSR count). The molecule has 13 heavy (non-hydrogen) atoms. The zero-order chi connectivity index (χ0) is 10.1. The van der Waals surface area contributed by atoms with Crippen LogP contribution in [0.4, 0.5) is 0 Å². The highest BCUT2D eigenvalue weighted by Gasteiger charge is 2.15. The molecule has 0 spiro atoms. The van der Waals surface area contributed by atoms with Crippen LogP contribution in [-0.2, 0) is 4.57 Å². The quantitative estimate of drug-likeness (QED) is 0.675. The summed E-state index contributed by atoms with van der Waals surface area (Å²) in [4.78, 5) is 11.2. The van der Waals surface area contributed by atoms with E-state index >= 15 is 0 Å². The topological polar surface area (TPSA) is 98.2 Å². The molecule has 0 aliphatic carbocycles. The molecule has 0 fully saturated rings. The van der Waals surface area contributed by atoms with Crippen molar-refractivity contribution in [2.75, 3.05) is 0 Å². The molecule has 0 atom stereocenters. The predicted molar refractivity (Wildman–Crippen MR) is 52.8 cm³/mol. The van der Waals surface area contributed by atoms with E-state index in [0.29, 0.717) is 9.90 Å². The van der Waals surface area contributed by atoms with Crippen LogP contribution in [0.2, 0.25) is 4.34 Å². The van der Waals surface area contributed by atoms with Crippen molar-refractivity contribution in [3.63, 3.8) is 0 Å². The summed E-state index contributed by atoms with van der Waals surface area (Å²) >= 11 is 6.77. The van der Waals surface area contributed by atoms with Crippen molar-refractivity contribution in [2.45, 2.75) is 0 Å². The summed E-state index contributed by atoms with van der Waals surface area (Å²) in [5.74, 6) is -0.587. The van der Waals surface area contributed by atoms with E-state index in [1.807, 2.05) is 5.09 Å². The molecule has 0 unspecified atom stereocenters. The van der Waals surface area contributed by atoms with Crippen molar-refractivity contribution in [3.8, 4) is 0 Å². The second kappa shape index (κ2) is 3.77. The van der Waals surface area contributed by atoms with Crippen molar-refractivity contribution in [3.05, 3.63) is 21.3 Å². The molecule has 1 aromatic rings. The number of amides is 1. The number of thiophene rings is 1. The van der Waals surface area contributed by atoms with Gasteiger partial charge in [-0.2, -0.15) is 0 Å². The maximum atomic E-state index is 11.2. The monoisotopic (exact) mass is 239 g/mol. The molecule has 0 saturated carbocycles. The average molecular weight is 240 g/mol.